The van der Waals surface area contributed by atoms with Gasteiger partial charge in [0, 0.05) is 0 Å². The zero-order valence-corrected chi connectivity index (χ0v) is 5.33. The van der Waals surface area contributed by atoms with Gasteiger partial charge in [0.2, 0.25) is 0 Å². The minimum atomic E-state index is -2.96. The molecule has 0 aliphatic carbocycles. The second-order valence-corrected chi connectivity index (χ2v) is 4.51. The summed E-state index contributed by atoms with van der Waals surface area (Å²) in [7, 11) is -2.96. The Morgan fingerprint density at radius 2 is 1.88 bits per heavy atom. The number of hydrogen-bond donors (Lipinski definition) is 0. The normalized spacial score (nSPS) is 31.2. The minimum absolute atomic E-state index is 0.292. The predicted molar refractivity (Wildman–Crippen MR) is 28.2 cm³/mol. The lowest BCUT2D eigenvalue weighted by molar-refractivity contribution is 0.229. The fourth-order valence-corrected chi connectivity index (χ4v) is 2.62. The number of alkyl halides is 1. The van der Waals surface area contributed by atoms with Crippen LogP contribution >= 0.6 is 0 Å². The number of halogens is 1. The van der Waals surface area contributed by atoms with E-state index < -0.39 is 15.5 Å². The summed E-state index contributed by atoms with van der Waals surface area (Å²) in [6.07, 6.45) is 0. The highest BCUT2D eigenvalue weighted by atomic mass is 32.2. The topological polar surface area (TPSA) is 34.1 Å². The van der Waals surface area contributed by atoms with E-state index in [1.54, 1.807) is 0 Å². The Balaban J connectivity index is 2.68. The van der Waals surface area contributed by atoms with Gasteiger partial charge in [0.1, 0.15) is 5.67 Å². The smallest absolute Gasteiger partial charge is 0.156 e. The molecule has 1 heterocycles. The molecule has 0 aromatic heterocycles. The van der Waals surface area contributed by atoms with Crippen molar-refractivity contribution >= 4 is 9.84 Å². The fraction of sp³-hybridized carbons (Fsp3) is 1.00. The first-order valence-electron chi connectivity index (χ1n) is 2.31. The highest BCUT2D eigenvalue weighted by Gasteiger charge is 2.44. The average molecular weight is 138 g/mol. The second-order valence-electron chi connectivity index (χ2n) is 2.45. The predicted octanol–water partition coefficient (Wildman–Crippen LogP) is 0.143. The van der Waals surface area contributed by atoms with Crippen molar-refractivity contribution in [3.63, 3.8) is 0 Å². The van der Waals surface area contributed by atoms with E-state index in [1.807, 2.05) is 0 Å². The zero-order chi connectivity index (χ0) is 6.41. The third-order valence-corrected chi connectivity index (χ3v) is 3.13. The zero-order valence-electron chi connectivity index (χ0n) is 4.52. The van der Waals surface area contributed by atoms with Crippen molar-refractivity contribution < 1.29 is 12.8 Å². The van der Waals surface area contributed by atoms with Gasteiger partial charge in [0.05, 0.1) is 11.5 Å². The van der Waals surface area contributed by atoms with E-state index in [0.29, 0.717) is 0 Å². The van der Waals surface area contributed by atoms with E-state index in [0.717, 1.165) is 0 Å². The van der Waals surface area contributed by atoms with Gasteiger partial charge in [0.25, 0.3) is 0 Å². The summed E-state index contributed by atoms with van der Waals surface area (Å²) in [6.45, 7) is 1.30. The van der Waals surface area contributed by atoms with E-state index in [2.05, 4.69) is 0 Å². The molecule has 0 spiro atoms. The Morgan fingerprint density at radius 3 is 1.88 bits per heavy atom. The van der Waals surface area contributed by atoms with Crippen LogP contribution < -0.4 is 0 Å². The fourth-order valence-electron chi connectivity index (χ4n) is 0.875. The molecule has 0 bridgehead atoms. The van der Waals surface area contributed by atoms with E-state index in [-0.39, 0.29) is 11.5 Å². The summed E-state index contributed by atoms with van der Waals surface area (Å²) >= 11 is 0. The lowest BCUT2D eigenvalue weighted by Gasteiger charge is -2.28. The van der Waals surface area contributed by atoms with Crippen molar-refractivity contribution in [2.24, 2.45) is 0 Å². The molecule has 0 atom stereocenters. The molecule has 0 saturated carbocycles. The molecule has 0 amide bonds. The van der Waals surface area contributed by atoms with Crippen LogP contribution in [-0.2, 0) is 9.84 Å². The summed E-state index contributed by atoms with van der Waals surface area (Å²) in [5, 5.41) is 0. The van der Waals surface area contributed by atoms with Crippen molar-refractivity contribution in [2.75, 3.05) is 11.5 Å². The summed E-state index contributed by atoms with van der Waals surface area (Å²) in [4.78, 5) is 0. The quantitative estimate of drug-likeness (QED) is 0.477. The van der Waals surface area contributed by atoms with Crippen LogP contribution in [0.15, 0.2) is 0 Å². The van der Waals surface area contributed by atoms with Gasteiger partial charge in [-0.2, -0.15) is 0 Å². The minimum Gasteiger partial charge on any atom is -0.242 e. The number of hydrogen-bond acceptors (Lipinski definition) is 2. The molecule has 8 heavy (non-hydrogen) atoms. The van der Waals surface area contributed by atoms with Crippen LogP contribution in [-0.4, -0.2) is 25.6 Å². The molecule has 0 N–H and O–H groups in total. The molecule has 0 unspecified atom stereocenters. The first-order valence-corrected chi connectivity index (χ1v) is 4.13. The number of rotatable bonds is 0. The monoisotopic (exact) mass is 138 g/mol. The molecule has 0 radical (unpaired) electrons. The highest BCUT2D eigenvalue weighted by Crippen LogP contribution is 2.26. The van der Waals surface area contributed by atoms with Gasteiger partial charge in [-0.1, -0.05) is 0 Å². The van der Waals surface area contributed by atoms with Crippen molar-refractivity contribution in [1.82, 2.24) is 0 Å². The average Bonchev–Trinajstić information content (AvgIpc) is 1.20. The summed E-state index contributed by atoms with van der Waals surface area (Å²) in [5.41, 5.74) is -1.43. The molecule has 4 heteroatoms. The van der Waals surface area contributed by atoms with Gasteiger partial charge >= 0.3 is 0 Å². The molecule has 0 aromatic carbocycles. The SMILES string of the molecule is CC1(F)CS(=O)(=O)C1. The summed E-state index contributed by atoms with van der Waals surface area (Å²) < 4.78 is 32.8. The Bertz CT molecular complexity index is 178. The molecular weight excluding hydrogens is 131 g/mol. The number of sulfone groups is 1. The van der Waals surface area contributed by atoms with Gasteiger partial charge in [0.15, 0.2) is 9.84 Å². The maximum atomic E-state index is 12.3. The lowest BCUT2D eigenvalue weighted by Crippen LogP contribution is -2.48. The maximum absolute atomic E-state index is 12.3. The second kappa shape index (κ2) is 1.23. The van der Waals surface area contributed by atoms with Crippen LogP contribution in [0, 0.1) is 0 Å². The van der Waals surface area contributed by atoms with Crippen molar-refractivity contribution in [3.05, 3.63) is 0 Å². The lowest BCUT2D eigenvalue weighted by atomic mass is 10.2. The van der Waals surface area contributed by atoms with Gasteiger partial charge in [-0.3, -0.25) is 0 Å². The first-order chi connectivity index (χ1) is 3.41. The van der Waals surface area contributed by atoms with Crippen LogP contribution in [0.3, 0.4) is 0 Å². The Kier molecular flexibility index (Phi) is 0.927. The van der Waals surface area contributed by atoms with Gasteiger partial charge in [-0.05, 0) is 6.92 Å². The highest BCUT2D eigenvalue weighted by molar-refractivity contribution is 7.93. The largest absolute Gasteiger partial charge is 0.242 e. The van der Waals surface area contributed by atoms with Crippen LogP contribution in [0.4, 0.5) is 4.39 Å². The summed E-state index contributed by atoms with van der Waals surface area (Å²) in [5.74, 6) is -0.583. The molecule has 48 valence electrons. The van der Waals surface area contributed by atoms with Gasteiger partial charge < -0.3 is 0 Å². The van der Waals surface area contributed by atoms with Crippen LogP contribution in [0.2, 0.25) is 0 Å². The van der Waals surface area contributed by atoms with E-state index in [1.165, 1.54) is 6.92 Å². The standard InChI is InChI=1S/C4H7FO2S/c1-4(5)2-8(6,7)3-4/h2-3H2,1H3. The van der Waals surface area contributed by atoms with Crippen LogP contribution in [0.25, 0.3) is 0 Å². The van der Waals surface area contributed by atoms with Gasteiger partial charge in [-0.15, -0.1) is 0 Å². The van der Waals surface area contributed by atoms with Gasteiger partial charge in [-0.25, -0.2) is 12.8 Å². The van der Waals surface area contributed by atoms with E-state index >= 15 is 0 Å². The summed E-state index contributed by atoms with van der Waals surface area (Å²) in [6, 6.07) is 0. The molecule has 1 aliphatic heterocycles. The molecule has 0 aromatic rings. The van der Waals surface area contributed by atoms with E-state index in [9.17, 15) is 12.8 Å². The Hall–Kier alpha value is -0.120. The Morgan fingerprint density at radius 1 is 1.50 bits per heavy atom. The molecule has 1 rings (SSSR count). The van der Waals surface area contributed by atoms with E-state index in [4.69, 9.17) is 0 Å². The molecular formula is C4H7FO2S. The molecule has 1 fully saturated rings. The maximum Gasteiger partial charge on any atom is 0.156 e. The van der Waals surface area contributed by atoms with Crippen molar-refractivity contribution in [3.8, 4) is 0 Å². The van der Waals surface area contributed by atoms with Crippen molar-refractivity contribution in [2.45, 2.75) is 12.6 Å². The third kappa shape index (κ3) is 0.992. The Labute approximate surface area is 47.6 Å². The third-order valence-electron chi connectivity index (χ3n) is 1.04. The van der Waals surface area contributed by atoms with Crippen molar-refractivity contribution in [1.29, 1.82) is 0 Å². The first kappa shape index (κ1) is 6.01. The molecule has 1 saturated heterocycles. The van der Waals surface area contributed by atoms with Crippen LogP contribution in [0.1, 0.15) is 6.92 Å². The van der Waals surface area contributed by atoms with Crippen LogP contribution in [0.5, 0.6) is 0 Å². The molecule has 2 nitrogen and oxygen atoms in total. The molecule has 1 aliphatic rings.